The predicted molar refractivity (Wildman–Crippen MR) is 93.9 cm³/mol. The molecule has 1 saturated heterocycles. The lowest BCUT2D eigenvalue weighted by Crippen LogP contribution is -2.36. The van der Waals surface area contributed by atoms with Crippen LogP contribution in [0.1, 0.15) is 21.5 Å². The largest absolute Gasteiger partial charge is 0.416 e. The van der Waals surface area contributed by atoms with Crippen LogP contribution >= 0.6 is 0 Å². The van der Waals surface area contributed by atoms with E-state index >= 15 is 0 Å². The first-order valence-electron chi connectivity index (χ1n) is 8.57. The Morgan fingerprint density at radius 3 is 1.86 bits per heavy atom. The van der Waals surface area contributed by atoms with Gasteiger partial charge in [-0.25, -0.2) is 0 Å². The van der Waals surface area contributed by atoms with Gasteiger partial charge in [-0.3, -0.25) is 4.79 Å². The van der Waals surface area contributed by atoms with Crippen LogP contribution in [-0.4, -0.2) is 32.2 Å². The van der Waals surface area contributed by atoms with Crippen LogP contribution in [0, 0.1) is 0 Å². The number of morpholine rings is 1. The Bertz CT molecular complexity index is 839. The zero-order valence-corrected chi connectivity index (χ0v) is 14.9. The lowest BCUT2D eigenvalue weighted by molar-refractivity contribution is -0.143. The van der Waals surface area contributed by atoms with Gasteiger partial charge in [-0.05, 0) is 42.5 Å². The van der Waals surface area contributed by atoms with E-state index < -0.39 is 35.0 Å². The first-order valence-corrected chi connectivity index (χ1v) is 8.57. The number of hydrogen-bond acceptors (Lipinski definition) is 3. The zero-order valence-electron chi connectivity index (χ0n) is 14.9. The summed E-state index contributed by atoms with van der Waals surface area (Å²) in [6.45, 7) is 2.54. The van der Waals surface area contributed by atoms with Gasteiger partial charge < -0.3 is 15.0 Å². The molecule has 1 N–H and O–H groups in total. The lowest BCUT2D eigenvalue weighted by Gasteiger charge is -2.28. The van der Waals surface area contributed by atoms with Crippen molar-refractivity contribution in [1.29, 1.82) is 0 Å². The van der Waals surface area contributed by atoms with E-state index in [0.29, 0.717) is 38.4 Å². The van der Waals surface area contributed by atoms with Crippen LogP contribution in [0.25, 0.3) is 0 Å². The second kappa shape index (κ2) is 7.94. The van der Waals surface area contributed by atoms with Crippen molar-refractivity contribution in [3.8, 4) is 0 Å². The van der Waals surface area contributed by atoms with Crippen LogP contribution in [0.5, 0.6) is 0 Å². The molecule has 0 unspecified atom stereocenters. The topological polar surface area (TPSA) is 41.6 Å². The summed E-state index contributed by atoms with van der Waals surface area (Å²) in [5.41, 5.74) is -2.70. The molecule has 4 nitrogen and oxygen atoms in total. The zero-order chi connectivity index (χ0) is 21.2. The first kappa shape index (κ1) is 21.0. The van der Waals surface area contributed by atoms with Crippen LogP contribution < -0.4 is 10.2 Å². The number of nitrogens with zero attached hydrogens (tertiary/aromatic N) is 1. The summed E-state index contributed by atoms with van der Waals surface area (Å²) in [6, 6.07) is 7.23. The van der Waals surface area contributed by atoms with Crippen molar-refractivity contribution in [2.45, 2.75) is 12.4 Å². The number of rotatable bonds is 3. The van der Waals surface area contributed by atoms with E-state index in [1.807, 2.05) is 0 Å². The number of anilines is 2. The summed E-state index contributed by atoms with van der Waals surface area (Å²) in [6.07, 6.45) is -10.0. The molecular formula is C19H16F6N2O2. The summed E-state index contributed by atoms with van der Waals surface area (Å²) in [5, 5.41) is 2.33. The van der Waals surface area contributed by atoms with Crippen LogP contribution in [0.3, 0.4) is 0 Å². The third kappa shape index (κ3) is 5.20. The van der Waals surface area contributed by atoms with Crippen LogP contribution in [0.2, 0.25) is 0 Å². The Labute approximate surface area is 162 Å². The molecule has 2 aromatic rings. The fraction of sp³-hybridized carbons (Fsp3) is 0.316. The lowest BCUT2D eigenvalue weighted by atomic mass is 10.0. The highest BCUT2D eigenvalue weighted by molar-refractivity contribution is 6.04. The molecule has 3 rings (SSSR count). The van der Waals surface area contributed by atoms with E-state index in [9.17, 15) is 31.1 Å². The van der Waals surface area contributed by atoms with Crippen molar-refractivity contribution in [3.05, 3.63) is 59.2 Å². The summed E-state index contributed by atoms with van der Waals surface area (Å²) >= 11 is 0. The Hall–Kier alpha value is -2.75. The maximum Gasteiger partial charge on any atom is 0.416 e. The van der Waals surface area contributed by atoms with Gasteiger partial charge in [0.15, 0.2) is 0 Å². The highest BCUT2D eigenvalue weighted by Crippen LogP contribution is 2.36. The Balaban J connectivity index is 1.81. The molecule has 0 aromatic heterocycles. The van der Waals surface area contributed by atoms with Gasteiger partial charge in [-0.2, -0.15) is 26.3 Å². The fourth-order valence-corrected chi connectivity index (χ4v) is 2.87. The molecule has 0 spiro atoms. The molecule has 1 aliphatic heterocycles. The number of benzene rings is 2. The number of amides is 1. The average molecular weight is 418 g/mol. The fourth-order valence-electron chi connectivity index (χ4n) is 2.87. The Morgan fingerprint density at radius 2 is 1.38 bits per heavy atom. The average Bonchev–Trinajstić information content (AvgIpc) is 2.67. The quantitative estimate of drug-likeness (QED) is 0.728. The summed E-state index contributed by atoms with van der Waals surface area (Å²) in [4.78, 5) is 14.3. The maximum absolute atomic E-state index is 12.9. The molecule has 29 heavy (non-hydrogen) atoms. The number of hydrogen-bond donors (Lipinski definition) is 1. The van der Waals surface area contributed by atoms with Crippen molar-refractivity contribution in [2.24, 2.45) is 0 Å². The SMILES string of the molecule is O=C(Nc1ccc(N2CCOCC2)cc1)c1cc(C(F)(F)F)cc(C(F)(F)F)c1. The first-order chi connectivity index (χ1) is 13.5. The minimum Gasteiger partial charge on any atom is -0.378 e. The molecule has 0 bridgehead atoms. The molecule has 0 radical (unpaired) electrons. The summed E-state index contributed by atoms with van der Waals surface area (Å²) < 4.78 is 82.9. The van der Waals surface area contributed by atoms with E-state index in [2.05, 4.69) is 10.2 Å². The Morgan fingerprint density at radius 1 is 0.862 bits per heavy atom. The molecule has 0 atom stereocenters. The second-order valence-electron chi connectivity index (χ2n) is 6.39. The molecule has 1 aliphatic rings. The van der Waals surface area contributed by atoms with Crippen LogP contribution in [0.15, 0.2) is 42.5 Å². The summed E-state index contributed by atoms with van der Waals surface area (Å²) in [5.74, 6) is -1.07. The van der Waals surface area contributed by atoms with Crippen molar-refractivity contribution in [2.75, 3.05) is 36.5 Å². The number of halogens is 6. The van der Waals surface area contributed by atoms with Crippen LogP contribution in [-0.2, 0) is 17.1 Å². The predicted octanol–water partition coefficient (Wildman–Crippen LogP) is 4.81. The summed E-state index contributed by atoms with van der Waals surface area (Å²) in [7, 11) is 0. The van der Waals surface area contributed by atoms with E-state index in [1.54, 1.807) is 12.1 Å². The molecule has 2 aromatic carbocycles. The van der Waals surface area contributed by atoms with Gasteiger partial charge >= 0.3 is 12.4 Å². The maximum atomic E-state index is 12.9. The number of carbonyl (C=O) groups excluding carboxylic acids is 1. The number of ether oxygens (including phenoxy) is 1. The van der Waals surface area contributed by atoms with Crippen molar-refractivity contribution >= 4 is 17.3 Å². The molecule has 0 aliphatic carbocycles. The molecular weight excluding hydrogens is 402 g/mol. The minimum atomic E-state index is -5.02. The normalized spacial score (nSPS) is 15.3. The highest BCUT2D eigenvalue weighted by Gasteiger charge is 2.37. The Kier molecular flexibility index (Phi) is 5.74. The monoisotopic (exact) mass is 418 g/mol. The molecule has 156 valence electrons. The number of carbonyl (C=O) groups is 1. The standard InChI is InChI=1S/C19H16F6N2O2/c20-18(21,22)13-9-12(10-14(11-13)19(23,24)25)17(28)26-15-1-3-16(4-2-15)27-5-7-29-8-6-27/h1-4,9-11H,5-8H2,(H,26,28). The molecule has 10 heteroatoms. The smallest absolute Gasteiger partial charge is 0.378 e. The van der Waals surface area contributed by atoms with E-state index in [0.717, 1.165) is 5.69 Å². The van der Waals surface area contributed by atoms with E-state index in [4.69, 9.17) is 4.74 Å². The third-order valence-electron chi connectivity index (χ3n) is 4.35. The van der Waals surface area contributed by atoms with Crippen molar-refractivity contribution < 1.29 is 35.9 Å². The number of alkyl halides is 6. The van der Waals surface area contributed by atoms with Gasteiger partial charge in [0, 0.05) is 30.0 Å². The van der Waals surface area contributed by atoms with Crippen LogP contribution in [0.4, 0.5) is 37.7 Å². The van der Waals surface area contributed by atoms with Gasteiger partial charge in [-0.1, -0.05) is 0 Å². The second-order valence-corrected chi connectivity index (χ2v) is 6.39. The van der Waals surface area contributed by atoms with Gasteiger partial charge in [0.25, 0.3) is 5.91 Å². The van der Waals surface area contributed by atoms with E-state index in [-0.39, 0.29) is 11.8 Å². The number of nitrogens with one attached hydrogen (secondary N) is 1. The third-order valence-corrected chi connectivity index (χ3v) is 4.35. The van der Waals surface area contributed by atoms with Crippen molar-refractivity contribution in [3.63, 3.8) is 0 Å². The van der Waals surface area contributed by atoms with Gasteiger partial charge in [0.1, 0.15) is 0 Å². The van der Waals surface area contributed by atoms with Crippen molar-refractivity contribution in [1.82, 2.24) is 0 Å². The van der Waals surface area contributed by atoms with Gasteiger partial charge in [0.05, 0.1) is 24.3 Å². The molecule has 0 saturated carbocycles. The van der Waals surface area contributed by atoms with Gasteiger partial charge in [0.2, 0.25) is 0 Å². The molecule has 1 heterocycles. The molecule has 1 fully saturated rings. The van der Waals surface area contributed by atoms with Gasteiger partial charge in [-0.15, -0.1) is 0 Å². The highest BCUT2D eigenvalue weighted by atomic mass is 19.4. The molecule has 1 amide bonds. The van der Waals surface area contributed by atoms with E-state index in [1.165, 1.54) is 12.1 Å². The minimum absolute atomic E-state index is 0.0199.